The van der Waals surface area contributed by atoms with Crippen LogP contribution in [-0.4, -0.2) is 36.1 Å². The molecule has 0 aliphatic carbocycles. The fraction of sp³-hybridized carbons (Fsp3) is 0.231. The van der Waals surface area contributed by atoms with Gasteiger partial charge in [-0.3, -0.25) is 9.36 Å². The summed E-state index contributed by atoms with van der Waals surface area (Å²) in [6, 6.07) is 7.32. The third-order valence-electron chi connectivity index (χ3n) is 3.21. The Bertz CT molecular complexity index is 838. The van der Waals surface area contributed by atoms with Crippen LogP contribution in [0.1, 0.15) is 11.3 Å². The molecule has 0 aliphatic rings. The van der Waals surface area contributed by atoms with Gasteiger partial charge in [-0.1, -0.05) is 18.2 Å². The van der Waals surface area contributed by atoms with E-state index in [4.69, 9.17) is 10.8 Å². The van der Waals surface area contributed by atoms with Crippen LogP contribution in [-0.2, 0) is 13.0 Å². The van der Waals surface area contributed by atoms with E-state index in [2.05, 4.69) is 15.3 Å². The number of aliphatic hydroxyl groups excluding tert-OH is 1. The van der Waals surface area contributed by atoms with Crippen molar-refractivity contribution >= 4 is 11.5 Å². The number of anilines is 1. The van der Waals surface area contributed by atoms with E-state index in [1.807, 2.05) is 18.2 Å². The van der Waals surface area contributed by atoms with E-state index in [1.165, 1.54) is 15.4 Å². The molecule has 21 heavy (non-hydrogen) atoms. The van der Waals surface area contributed by atoms with Crippen LogP contribution in [0.4, 0.5) is 5.69 Å². The maximum absolute atomic E-state index is 12.5. The molecule has 0 amide bonds. The number of rotatable bonds is 4. The Morgan fingerprint density at radius 2 is 2.10 bits per heavy atom. The van der Waals surface area contributed by atoms with E-state index >= 15 is 0 Å². The van der Waals surface area contributed by atoms with Crippen LogP contribution in [0.25, 0.3) is 5.78 Å². The standard InChI is InChI=1S/C13H14N6O2/c14-10-4-2-1-3-9(10)7-11-12(21)18(5-6-20)13-16-15-8-19(13)17-11/h1-4,8,20H,5-7,14H2. The number of hydrogen-bond donors (Lipinski definition) is 2. The third kappa shape index (κ3) is 2.36. The van der Waals surface area contributed by atoms with Crippen molar-refractivity contribution in [2.45, 2.75) is 13.0 Å². The van der Waals surface area contributed by atoms with Gasteiger partial charge in [-0.2, -0.15) is 9.61 Å². The molecule has 0 unspecified atom stereocenters. The number of benzene rings is 1. The summed E-state index contributed by atoms with van der Waals surface area (Å²) in [6.07, 6.45) is 1.73. The summed E-state index contributed by atoms with van der Waals surface area (Å²) in [6.45, 7) is -0.0276. The molecule has 0 fully saturated rings. The first-order valence-electron chi connectivity index (χ1n) is 6.44. The highest BCUT2D eigenvalue weighted by molar-refractivity contribution is 5.47. The number of hydrogen-bond acceptors (Lipinski definition) is 6. The lowest BCUT2D eigenvalue weighted by molar-refractivity contribution is 0.274. The number of nitrogens with zero attached hydrogens (tertiary/aromatic N) is 5. The van der Waals surface area contributed by atoms with Crippen LogP contribution in [0.15, 0.2) is 35.4 Å². The van der Waals surface area contributed by atoms with Crippen molar-refractivity contribution in [1.82, 2.24) is 24.4 Å². The number of nitrogens with two attached hydrogens (primary N) is 1. The van der Waals surface area contributed by atoms with Crippen molar-refractivity contribution in [2.75, 3.05) is 12.3 Å². The smallest absolute Gasteiger partial charge is 0.277 e. The maximum atomic E-state index is 12.5. The SMILES string of the molecule is Nc1ccccc1Cc1nn2cnnc2n(CCO)c1=O. The van der Waals surface area contributed by atoms with Gasteiger partial charge in [0.25, 0.3) is 11.3 Å². The van der Waals surface area contributed by atoms with Crippen LogP contribution in [0.2, 0.25) is 0 Å². The summed E-state index contributed by atoms with van der Waals surface area (Å²) in [5, 5.41) is 20.9. The van der Waals surface area contributed by atoms with Gasteiger partial charge < -0.3 is 10.8 Å². The van der Waals surface area contributed by atoms with Gasteiger partial charge in [0, 0.05) is 12.1 Å². The maximum Gasteiger partial charge on any atom is 0.277 e. The predicted molar refractivity (Wildman–Crippen MR) is 75.8 cm³/mol. The lowest BCUT2D eigenvalue weighted by Crippen LogP contribution is -2.29. The molecule has 0 saturated heterocycles. The Morgan fingerprint density at radius 3 is 2.86 bits per heavy atom. The molecule has 2 heterocycles. The lowest BCUT2D eigenvalue weighted by Gasteiger charge is -2.09. The molecule has 108 valence electrons. The Kier molecular flexibility index (Phi) is 3.36. The molecule has 0 radical (unpaired) electrons. The summed E-state index contributed by atoms with van der Waals surface area (Å²) in [5.74, 6) is 0.304. The first kappa shape index (κ1) is 13.3. The molecular weight excluding hydrogens is 272 g/mol. The fourth-order valence-corrected chi connectivity index (χ4v) is 2.18. The molecule has 3 N–H and O–H groups in total. The van der Waals surface area contributed by atoms with Gasteiger partial charge in [0.1, 0.15) is 12.0 Å². The zero-order chi connectivity index (χ0) is 14.8. The highest BCUT2D eigenvalue weighted by atomic mass is 16.3. The second-order valence-corrected chi connectivity index (χ2v) is 4.58. The molecule has 0 saturated carbocycles. The van der Waals surface area contributed by atoms with E-state index in [0.29, 0.717) is 23.6 Å². The molecule has 0 aliphatic heterocycles. The van der Waals surface area contributed by atoms with Crippen LogP contribution >= 0.6 is 0 Å². The van der Waals surface area contributed by atoms with Crippen LogP contribution in [0.5, 0.6) is 0 Å². The highest BCUT2D eigenvalue weighted by Gasteiger charge is 2.13. The topological polar surface area (TPSA) is 111 Å². The normalized spacial score (nSPS) is 11.1. The van der Waals surface area contributed by atoms with Crippen molar-refractivity contribution in [3.63, 3.8) is 0 Å². The second kappa shape index (κ2) is 5.33. The Labute approximate surface area is 119 Å². The minimum atomic E-state index is -0.298. The molecule has 3 aromatic rings. The first-order chi connectivity index (χ1) is 10.2. The van der Waals surface area contributed by atoms with Crippen molar-refractivity contribution in [3.8, 4) is 0 Å². The first-order valence-corrected chi connectivity index (χ1v) is 6.44. The highest BCUT2D eigenvalue weighted by Crippen LogP contribution is 2.13. The van der Waals surface area contributed by atoms with E-state index in [9.17, 15) is 4.79 Å². The van der Waals surface area contributed by atoms with Crippen molar-refractivity contribution in [3.05, 3.63) is 52.2 Å². The zero-order valence-electron chi connectivity index (χ0n) is 11.2. The van der Waals surface area contributed by atoms with Crippen molar-refractivity contribution in [2.24, 2.45) is 0 Å². The fourth-order valence-electron chi connectivity index (χ4n) is 2.18. The van der Waals surface area contributed by atoms with Crippen LogP contribution < -0.4 is 11.3 Å². The quantitative estimate of drug-likeness (QED) is 0.623. The minimum absolute atomic E-state index is 0.140. The van der Waals surface area contributed by atoms with E-state index in [0.717, 1.165) is 5.56 Å². The molecule has 0 atom stereocenters. The molecule has 8 nitrogen and oxygen atoms in total. The van der Waals surface area contributed by atoms with E-state index in [-0.39, 0.29) is 18.7 Å². The monoisotopic (exact) mass is 286 g/mol. The number of nitrogen functional groups attached to an aromatic ring is 1. The summed E-state index contributed by atoms with van der Waals surface area (Å²) >= 11 is 0. The zero-order valence-corrected chi connectivity index (χ0v) is 11.2. The summed E-state index contributed by atoms with van der Waals surface area (Å²) in [4.78, 5) is 12.5. The lowest BCUT2D eigenvalue weighted by atomic mass is 10.1. The van der Waals surface area contributed by atoms with Gasteiger partial charge in [-0.15, -0.1) is 10.2 Å². The van der Waals surface area contributed by atoms with Gasteiger partial charge in [-0.05, 0) is 11.6 Å². The van der Waals surface area contributed by atoms with Crippen LogP contribution in [0, 0.1) is 0 Å². The minimum Gasteiger partial charge on any atom is -0.398 e. The molecule has 8 heteroatoms. The summed E-state index contributed by atoms with van der Waals surface area (Å²) in [7, 11) is 0. The number of aromatic nitrogens is 5. The molecular formula is C13H14N6O2. The molecule has 2 aromatic heterocycles. The van der Waals surface area contributed by atoms with Gasteiger partial charge >= 0.3 is 0 Å². The average Bonchev–Trinajstić information content (AvgIpc) is 2.93. The van der Waals surface area contributed by atoms with E-state index < -0.39 is 0 Å². The second-order valence-electron chi connectivity index (χ2n) is 4.58. The van der Waals surface area contributed by atoms with Crippen molar-refractivity contribution < 1.29 is 5.11 Å². The number of fused-ring (bicyclic) bond motifs is 1. The predicted octanol–water partition coefficient (Wildman–Crippen LogP) is -0.549. The number of aliphatic hydroxyl groups is 1. The Hall–Kier alpha value is -2.74. The molecule has 0 bridgehead atoms. The van der Waals surface area contributed by atoms with Gasteiger partial charge in [0.15, 0.2) is 0 Å². The van der Waals surface area contributed by atoms with E-state index in [1.54, 1.807) is 6.07 Å². The Balaban J connectivity index is 2.12. The van der Waals surface area contributed by atoms with Gasteiger partial charge in [0.05, 0.1) is 13.2 Å². The molecule has 0 spiro atoms. The van der Waals surface area contributed by atoms with Crippen molar-refractivity contribution in [1.29, 1.82) is 0 Å². The largest absolute Gasteiger partial charge is 0.398 e. The summed E-state index contributed by atoms with van der Waals surface area (Å²) < 4.78 is 2.78. The van der Waals surface area contributed by atoms with Gasteiger partial charge in [-0.25, -0.2) is 0 Å². The molecule has 1 aromatic carbocycles. The molecule has 3 rings (SSSR count). The van der Waals surface area contributed by atoms with Crippen LogP contribution in [0.3, 0.4) is 0 Å². The number of para-hydroxylation sites is 1. The summed E-state index contributed by atoms with van der Waals surface area (Å²) in [5.41, 5.74) is 7.36. The average molecular weight is 286 g/mol. The van der Waals surface area contributed by atoms with Gasteiger partial charge in [0.2, 0.25) is 0 Å². The third-order valence-corrected chi connectivity index (χ3v) is 3.21. The Morgan fingerprint density at radius 1 is 1.29 bits per heavy atom.